The molecule has 1 aliphatic heterocycles. The zero-order chi connectivity index (χ0) is 11.7. The molecule has 16 heavy (non-hydrogen) atoms. The highest BCUT2D eigenvalue weighted by atomic mass is 16.3. The molecule has 0 aliphatic carbocycles. The molecule has 1 aliphatic rings. The number of carbonyl (C=O) groups is 1. The third kappa shape index (κ3) is 1.67. The van der Waals surface area contributed by atoms with E-state index in [0.29, 0.717) is 11.3 Å². The summed E-state index contributed by atoms with van der Waals surface area (Å²) in [4.78, 5) is 13.3. The molecular formula is C12H14N2O2. The Balaban J connectivity index is 2.31. The van der Waals surface area contributed by atoms with Crippen LogP contribution in [0, 0.1) is 0 Å². The van der Waals surface area contributed by atoms with Gasteiger partial charge in [0.15, 0.2) is 6.10 Å². The van der Waals surface area contributed by atoms with Crippen LogP contribution in [0.3, 0.4) is 0 Å². The van der Waals surface area contributed by atoms with Crippen LogP contribution in [0.1, 0.15) is 11.7 Å². The van der Waals surface area contributed by atoms with Gasteiger partial charge in [0.2, 0.25) is 0 Å². The van der Waals surface area contributed by atoms with E-state index in [2.05, 4.69) is 11.9 Å². The summed E-state index contributed by atoms with van der Waals surface area (Å²) in [6.07, 6.45) is 0.773. The fourth-order valence-electron chi connectivity index (χ4n) is 1.77. The van der Waals surface area contributed by atoms with Crippen LogP contribution in [0.25, 0.3) is 0 Å². The molecule has 2 rings (SSSR count). The highest BCUT2D eigenvalue weighted by Crippen LogP contribution is 2.33. The second-order valence-electron chi connectivity index (χ2n) is 3.83. The van der Waals surface area contributed by atoms with Gasteiger partial charge in [-0.1, -0.05) is 12.1 Å². The first-order valence-electron chi connectivity index (χ1n) is 5.08. The highest BCUT2D eigenvalue weighted by Gasteiger charge is 2.28. The zero-order valence-electron chi connectivity index (χ0n) is 9.10. The first-order chi connectivity index (χ1) is 7.63. The van der Waals surface area contributed by atoms with Crippen LogP contribution in [0.4, 0.5) is 11.4 Å². The molecule has 1 atom stereocenters. The van der Waals surface area contributed by atoms with Gasteiger partial charge in [-0.15, -0.1) is 6.58 Å². The predicted molar refractivity (Wildman–Crippen MR) is 63.5 cm³/mol. The standard InChI is InChI=1S/C12H14N2O2/c1-3-6-14(2)8-4-5-9-10(7-8)13-12(16)11(9)15/h3-5,7,11,15H,1,6H2,2H3,(H,13,16). The van der Waals surface area contributed by atoms with Crippen molar-refractivity contribution in [2.24, 2.45) is 0 Å². The first-order valence-corrected chi connectivity index (χ1v) is 5.08. The quantitative estimate of drug-likeness (QED) is 0.752. The van der Waals surface area contributed by atoms with E-state index >= 15 is 0 Å². The van der Waals surface area contributed by atoms with Gasteiger partial charge in [-0.2, -0.15) is 0 Å². The molecule has 1 aromatic rings. The van der Waals surface area contributed by atoms with E-state index in [1.165, 1.54) is 0 Å². The van der Waals surface area contributed by atoms with Gasteiger partial charge in [-0.05, 0) is 12.1 Å². The Labute approximate surface area is 94.2 Å². The number of nitrogens with zero attached hydrogens (tertiary/aromatic N) is 1. The Hall–Kier alpha value is -1.81. The number of aliphatic hydroxyl groups is 1. The van der Waals surface area contributed by atoms with E-state index < -0.39 is 6.10 Å². The number of hydrogen-bond acceptors (Lipinski definition) is 3. The Morgan fingerprint density at radius 3 is 3.06 bits per heavy atom. The molecule has 1 aromatic carbocycles. The molecule has 0 bridgehead atoms. The molecule has 84 valence electrons. The maximum Gasteiger partial charge on any atom is 0.257 e. The maximum absolute atomic E-state index is 11.2. The van der Waals surface area contributed by atoms with Crippen molar-refractivity contribution in [3.63, 3.8) is 0 Å². The molecule has 0 fully saturated rings. The van der Waals surface area contributed by atoms with Crippen molar-refractivity contribution in [1.82, 2.24) is 0 Å². The molecule has 4 heteroatoms. The number of amides is 1. The molecule has 4 nitrogen and oxygen atoms in total. The lowest BCUT2D eigenvalue weighted by atomic mass is 10.1. The van der Waals surface area contributed by atoms with Gasteiger partial charge in [0.05, 0.1) is 0 Å². The lowest BCUT2D eigenvalue weighted by Crippen LogP contribution is -2.16. The zero-order valence-corrected chi connectivity index (χ0v) is 9.10. The van der Waals surface area contributed by atoms with Crippen LogP contribution in [-0.2, 0) is 4.79 Å². The molecule has 0 radical (unpaired) electrons. The van der Waals surface area contributed by atoms with Crippen LogP contribution in [0.15, 0.2) is 30.9 Å². The molecule has 0 aromatic heterocycles. The van der Waals surface area contributed by atoms with E-state index in [1.807, 2.05) is 24.1 Å². The summed E-state index contributed by atoms with van der Waals surface area (Å²) in [5.41, 5.74) is 2.31. The summed E-state index contributed by atoms with van der Waals surface area (Å²) in [6, 6.07) is 5.51. The van der Waals surface area contributed by atoms with Gasteiger partial charge in [0, 0.05) is 30.5 Å². The monoisotopic (exact) mass is 218 g/mol. The molecule has 2 N–H and O–H groups in total. The van der Waals surface area contributed by atoms with E-state index in [-0.39, 0.29) is 5.91 Å². The van der Waals surface area contributed by atoms with Crippen LogP contribution < -0.4 is 10.2 Å². The number of anilines is 2. The smallest absolute Gasteiger partial charge is 0.257 e. The van der Waals surface area contributed by atoms with Crippen molar-refractivity contribution >= 4 is 17.3 Å². The average molecular weight is 218 g/mol. The van der Waals surface area contributed by atoms with Crippen LogP contribution >= 0.6 is 0 Å². The minimum Gasteiger partial charge on any atom is -0.378 e. The fraction of sp³-hybridized carbons (Fsp3) is 0.250. The molecule has 1 amide bonds. The SMILES string of the molecule is C=CCN(C)c1ccc2c(c1)NC(=O)C2O. The van der Waals surface area contributed by atoms with Crippen molar-refractivity contribution < 1.29 is 9.90 Å². The average Bonchev–Trinajstić information content (AvgIpc) is 2.55. The van der Waals surface area contributed by atoms with Gasteiger partial charge >= 0.3 is 0 Å². The Kier molecular flexibility index (Phi) is 2.66. The van der Waals surface area contributed by atoms with Crippen molar-refractivity contribution in [3.05, 3.63) is 36.4 Å². The summed E-state index contributed by atoms with van der Waals surface area (Å²) in [5.74, 6) is -0.362. The van der Waals surface area contributed by atoms with E-state index in [9.17, 15) is 9.90 Å². The minimum absolute atomic E-state index is 0.362. The molecule has 1 heterocycles. The van der Waals surface area contributed by atoms with Crippen molar-refractivity contribution in [3.8, 4) is 0 Å². The summed E-state index contributed by atoms with van der Waals surface area (Å²) >= 11 is 0. The minimum atomic E-state index is -1.03. The lowest BCUT2D eigenvalue weighted by molar-refractivity contribution is -0.123. The Morgan fingerprint density at radius 2 is 2.38 bits per heavy atom. The van der Waals surface area contributed by atoms with Crippen molar-refractivity contribution in [2.75, 3.05) is 23.8 Å². The van der Waals surface area contributed by atoms with E-state index in [1.54, 1.807) is 12.1 Å². The third-order valence-electron chi connectivity index (χ3n) is 2.68. The molecule has 0 saturated heterocycles. The first kappa shape index (κ1) is 10.7. The van der Waals surface area contributed by atoms with Gasteiger partial charge in [-0.3, -0.25) is 4.79 Å². The maximum atomic E-state index is 11.2. The molecule has 1 unspecified atom stereocenters. The van der Waals surface area contributed by atoms with Crippen LogP contribution in [0.2, 0.25) is 0 Å². The van der Waals surface area contributed by atoms with Crippen molar-refractivity contribution in [2.45, 2.75) is 6.10 Å². The second kappa shape index (κ2) is 3.98. The van der Waals surface area contributed by atoms with Gasteiger partial charge in [-0.25, -0.2) is 0 Å². The molecular weight excluding hydrogens is 204 g/mol. The number of rotatable bonds is 3. The van der Waals surface area contributed by atoms with E-state index in [0.717, 1.165) is 12.2 Å². The number of benzene rings is 1. The number of hydrogen-bond donors (Lipinski definition) is 2. The summed E-state index contributed by atoms with van der Waals surface area (Å²) in [6.45, 7) is 4.40. The summed E-state index contributed by atoms with van der Waals surface area (Å²) in [5, 5.41) is 12.2. The number of likely N-dealkylation sites (N-methyl/N-ethyl adjacent to an activating group) is 1. The van der Waals surface area contributed by atoms with Gasteiger partial charge in [0.25, 0.3) is 5.91 Å². The number of carbonyl (C=O) groups excluding carboxylic acids is 1. The third-order valence-corrected chi connectivity index (χ3v) is 2.68. The summed E-state index contributed by atoms with van der Waals surface area (Å²) < 4.78 is 0. The predicted octanol–water partition coefficient (Wildman–Crippen LogP) is 1.29. The van der Waals surface area contributed by atoms with Gasteiger partial charge < -0.3 is 15.3 Å². The van der Waals surface area contributed by atoms with Crippen LogP contribution in [0.5, 0.6) is 0 Å². The Bertz CT molecular complexity index is 443. The lowest BCUT2D eigenvalue weighted by Gasteiger charge is -2.17. The number of aliphatic hydroxyl groups excluding tert-OH is 1. The van der Waals surface area contributed by atoms with Crippen LogP contribution in [-0.4, -0.2) is 24.6 Å². The number of nitrogens with one attached hydrogen (secondary N) is 1. The highest BCUT2D eigenvalue weighted by molar-refractivity contribution is 6.02. The molecule has 0 spiro atoms. The topological polar surface area (TPSA) is 52.6 Å². The number of fused-ring (bicyclic) bond motifs is 1. The largest absolute Gasteiger partial charge is 0.378 e. The molecule has 0 saturated carbocycles. The Morgan fingerprint density at radius 1 is 1.62 bits per heavy atom. The summed E-state index contributed by atoms with van der Waals surface area (Å²) in [7, 11) is 1.94. The van der Waals surface area contributed by atoms with Gasteiger partial charge in [0.1, 0.15) is 0 Å². The van der Waals surface area contributed by atoms with Crippen molar-refractivity contribution in [1.29, 1.82) is 0 Å². The normalized spacial score (nSPS) is 17.9. The van der Waals surface area contributed by atoms with E-state index in [4.69, 9.17) is 0 Å². The fourth-order valence-corrected chi connectivity index (χ4v) is 1.77. The second-order valence-corrected chi connectivity index (χ2v) is 3.83.